The van der Waals surface area contributed by atoms with Crippen molar-refractivity contribution in [1.82, 2.24) is 4.90 Å². The first-order valence-corrected chi connectivity index (χ1v) is 3.34. The van der Waals surface area contributed by atoms with Gasteiger partial charge in [0.25, 0.3) is 0 Å². The monoisotopic (exact) mass is 147 g/mol. The zero-order chi connectivity index (χ0) is 7.31. The van der Waals surface area contributed by atoms with Crippen LogP contribution in [-0.4, -0.2) is 23.3 Å². The van der Waals surface area contributed by atoms with Gasteiger partial charge >= 0.3 is 5.85 Å². The molecule has 0 saturated heterocycles. The molecule has 3 aliphatic heterocycles. The van der Waals surface area contributed by atoms with Crippen LogP contribution >= 0.6 is 0 Å². The molecule has 1 spiro atoms. The van der Waals surface area contributed by atoms with E-state index in [1.54, 1.807) is 25.0 Å². The van der Waals surface area contributed by atoms with Gasteiger partial charge in [-0.25, -0.2) is 9.98 Å². The molecule has 0 fully saturated rings. The highest BCUT2D eigenvalue weighted by molar-refractivity contribution is 5.91. The molecule has 0 saturated carbocycles. The Hall–Kier alpha value is -1.58. The Morgan fingerprint density at radius 3 is 3.27 bits per heavy atom. The molecule has 54 valence electrons. The summed E-state index contributed by atoms with van der Waals surface area (Å²) in [6, 6.07) is 0. The predicted molar refractivity (Wildman–Crippen MR) is 39.9 cm³/mol. The van der Waals surface area contributed by atoms with Gasteiger partial charge in [0.2, 0.25) is 0 Å². The van der Waals surface area contributed by atoms with Gasteiger partial charge in [-0.05, 0) is 0 Å². The number of rotatable bonds is 0. The molecule has 0 bridgehead atoms. The van der Waals surface area contributed by atoms with E-state index in [1.165, 1.54) is 0 Å². The Kier molecular flexibility index (Phi) is 0.636. The number of aliphatic imine (C=N–C) groups is 2. The van der Waals surface area contributed by atoms with Crippen molar-refractivity contribution < 1.29 is 4.74 Å². The molecule has 4 nitrogen and oxygen atoms in total. The maximum absolute atomic E-state index is 5.33. The van der Waals surface area contributed by atoms with Crippen LogP contribution in [0.15, 0.2) is 34.2 Å². The minimum Gasteiger partial charge on any atom is -0.450 e. The van der Waals surface area contributed by atoms with Gasteiger partial charge in [0.15, 0.2) is 0 Å². The number of nitrogens with zero attached hydrogens (tertiary/aromatic N) is 3. The smallest absolute Gasteiger partial charge is 0.316 e. The fraction of sp³-hybridized carbons (Fsp3) is 0.143. The van der Waals surface area contributed by atoms with E-state index in [-0.39, 0.29) is 0 Å². The van der Waals surface area contributed by atoms with E-state index in [4.69, 9.17) is 4.74 Å². The molecule has 3 rings (SSSR count). The van der Waals surface area contributed by atoms with Crippen LogP contribution in [0.4, 0.5) is 0 Å². The van der Waals surface area contributed by atoms with Crippen LogP contribution in [0, 0.1) is 0 Å². The third-order valence-corrected chi connectivity index (χ3v) is 1.96. The summed E-state index contributed by atoms with van der Waals surface area (Å²) >= 11 is 0. The molecule has 0 aromatic carbocycles. The molecule has 11 heavy (non-hydrogen) atoms. The third kappa shape index (κ3) is 0.401. The molecule has 0 N–H and O–H groups in total. The van der Waals surface area contributed by atoms with Crippen molar-refractivity contribution in [2.24, 2.45) is 9.98 Å². The third-order valence-electron chi connectivity index (χ3n) is 1.96. The van der Waals surface area contributed by atoms with Gasteiger partial charge in [-0.1, -0.05) is 0 Å². The van der Waals surface area contributed by atoms with E-state index >= 15 is 0 Å². The highest BCUT2D eigenvalue weighted by atomic mass is 16.5. The Labute approximate surface area is 63.2 Å². The van der Waals surface area contributed by atoms with E-state index in [9.17, 15) is 0 Å². The number of hydrogen-bond donors (Lipinski definition) is 0. The zero-order valence-corrected chi connectivity index (χ0v) is 5.64. The lowest BCUT2D eigenvalue weighted by Gasteiger charge is -2.38. The lowest BCUT2D eigenvalue weighted by Crippen LogP contribution is -2.50. The Balaban J connectivity index is 2.19. The molecule has 0 aliphatic carbocycles. The van der Waals surface area contributed by atoms with E-state index in [0.717, 1.165) is 5.57 Å². The van der Waals surface area contributed by atoms with Crippen molar-refractivity contribution in [2.45, 2.75) is 5.85 Å². The second-order valence-corrected chi connectivity index (χ2v) is 2.53. The van der Waals surface area contributed by atoms with Gasteiger partial charge < -0.3 is 4.74 Å². The molecule has 1 unspecified atom stereocenters. The molecule has 1 atom stereocenters. The van der Waals surface area contributed by atoms with E-state index < -0.39 is 5.85 Å². The maximum Gasteiger partial charge on any atom is 0.316 e. The highest BCUT2D eigenvalue weighted by Gasteiger charge is 2.49. The van der Waals surface area contributed by atoms with Crippen LogP contribution in [0.1, 0.15) is 0 Å². The van der Waals surface area contributed by atoms with Gasteiger partial charge in [0, 0.05) is 18.6 Å². The average Bonchev–Trinajstić information content (AvgIpc) is 2.40. The first-order chi connectivity index (χ1) is 5.42. The fourth-order valence-electron chi connectivity index (χ4n) is 1.34. The molecule has 0 amide bonds. The van der Waals surface area contributed by atoms with Crippen LogP contribution < -0.4 is 0 Å². The van der Waals surface area contributed by atoms with E-state index in [1.807, 2.05) is 11.1 Å². The van der Waals surface area contributed by atoms with E-state index in [0.29, 0.717) is 0 Å². The Bertz CT molecular complexity index is 329. The molecular formula is C7H5N3O. The molecule has 0 radical (unpaired) electrons. The topological polar surface area (TPSA) is 37.2 Å². The minimum atomic E-state index is -0.568. The second kappa shape index (κ2) is 1.37. The second-order valence-electron chi connectivity index (χ2n) is 2.53. The van der Waals surface area contributed by atoms with Crippen molar-refractivity contribution in [3.63, 3.8) is 0 Å². The maximum atomic E-state index is 5.33. The van der Waals surface area contributed by atoms with Crippen LogP contribution in [0.5, 0.6) is 0 Å². The lowest BCUT2D eigenvalue weighted by molar-refractivity contribution is 0.00850. The molecule has 0 aromatic rings. The van der Waals surface area contributed by atoms with Gasteiger partial charge in [0.05, 0.1) is 11.9 Å². The average molecular weight is 147 g/mol. The van der Waals surface area contributed by atoms with Crippen LogP contribution in [0.3, 0.4) is 0 Å². The summed E-state index contributed by atoms with van der Waals surface area (Å²) in [5.74, 6) is -0.568. The van der Waals surface area contributed by atoms with Crippen molar-refractivity contribution in [1.29, 1.82) is 0 Å². The lowest BCUT2D eigenvalue weighted by atomic mass is 10.1. The molecule has 4 heteroatoms. The van der Waals surface area contributed by atoms with Crippen molar-refractivity contribution in [3.05, 3.63) is 24.2 Å². The minimum absolute atomic E-state index is 0.568. The van der Waals surface area contributed by atoms with Crippen molar-refractivity contribution in [3.8, 4) is 0 Å². The Morgan fingerprint density at radius 2 is 2.55 bits per heavy atom. The van der Waals surface area contributed by atoms with Gasteiger partial charge in [0.1, 0.15) is 6.26 Å². The normalized spacial score (nSPS) is 35.6. The van der Waals surface area contributed by atoms with Gasteiger partial charge in [-0.3, -0.25) is 4.90 Å². The summed E-state index contributed by atoms with van der Waals surface area (Å²) in [6.07, 6.45) is 8.66. The molecule has 3 heterocycles. The van der Waals surface area contributed by atoms with Gasteiger partial charge in [-0.2, -0.15) is 0 Å². The van der Waals surface area contributed by atoms with Crippen LogP contribution in [-0.2, 0) is 4.74 Å². The summed E-state index contributed by atoms with van der Waals surface area (Å²) in [7, 11) is 0. The largest absolute Gasteiger partial charge is 0.450 e. The predicted octanol–water partition coefficient (Wildman–Crippen LogP) is 0.454. The van der Waals surface area contributed by atoms with Crippen molar-refractivity contribution >= 4 is 12.6 Å². The highest BCUT2D eigenvalue weighted by Crippen LogP contribution is 2.38. The molecule has 3 aliphatic rings. The Morgan fingerprint density at radius 1 is 1.55 bits per heavy atom. The summed E-state index contributed by atoms with van der Waals surface area (Å²) in [5, 5.41) is 0. The molecule has 0 aromatic heterocycles. The number of hydrogen-bond acceptors (Lipinski definition) is 4. The van der Waals surface area contributed by atoms with Gasteiger partial charge in [-0.15, -0.1) is 0 Å². The van der Waals surface area contributed by atoms with E-state index in [2.05, 4.69) is 9.98 Å². The van der Waals surface area contributed by atoms with Crippen LogP contribution in [0.25, 0.3) is 0 Å². The summed E-state index contributed by atoms with van der Waals surface area (Å²) in [6.45, 7) is 0. The molecular weight excluding hydrogens is 142 g/mol. The summed E-state index contributed by atoms with van der Waals surface area (Å²) in [5.41, 5.74) is 1.00. The summed E-state index contributed by atoms with van der Waals surface area (Å²) in [4.78, 5) is 9.99. The zero-order valence-electron chi connectivity index (χ0n) is 5.64. The first-order valence-electron chi connectivity index (χ1n) is 3.34. The number of ether oxygens (including phenoxy) is 1. The standard InChI is InChI=1S/C7H5N3O/c1-2-11-7-6(4-9-7)3-8-5-10(1)7/h1-5H. The first kappa shape index (κ1) is 5.12. The summed E-state index contributed by atoms with van der Waals surface area (Å²) < 4.78 is 5.33. The SMILES string of the molecule is C1=CN2C=NC=C3C=NC32O1. The van der Waals surface area contributed by atoms with Crippen LogP contribution in [0.2, 0.25) is 0 Å². The quantitative estimate of drug-likeness (QED) is 0.499. The fourth-order valence-corrected chi connectivity index (χ4v) is 1.34. The van der Waals surface area contributed by atoms with Crippen molar-refractivity contribution in [2.75, 3.05) is 0 Å².